The second-order valence-corrected chi connectivity index (χ2v) is 9.07. The van der Waals surface area contributed by atoms with Crippen LogP contribution in [0.2, 0.25) is 0 Å². The van der Waals surface area contributed by atoms with Crippen LogP contribution in [0.5, 0.6) is 17.2 Å². The van der Waals surface area contributed by atoms with E-state index in [1.165, 1.54) is 13.0 Å². The van der Waals surface area contributed by atoms with Crippen LogP contribution in [0.15, 0.2) is 36.4 Å². The fourth-order valence-corrected chi connectivity index (χ4v) is 4.83. The highest BCUT2D eigenvalue weighted by molar-refractivity contribution is 5.89. The van der Waals surface area contributed by atoms with Crippen molar-refractivity contribution >= 4 is 17.5 Å². The second kappa shape index (κ2) is 9.10. The van der Waals surface area contributed by atoms with Gasteiger partial charge in [-0.25, -0.2) is 0 Å². The molecule has 2 heterocycles. The molecule has 32 heavy (non-hydrogen) atoms. The summed E-state index contributed by atoms with van der Waals surface area (Å²) in [6, 6.07) is 10.7. The average molecular weight is 439 g/mol. The molecule has 0 aromatic heterocycles. The first-order chi connectivity index (χ1) is 15.3. The first kappa shape index (κ1) is 22.0. The number of phenols is 1. The molecule has 0 radical (unpaired) electrons. The summed E-state index contributed by atoms with van der Waals surface area (Å²) in [7, 11) is 0. The molecule has 2 N–H and O–H groups in total. The van der Waals surface area contributed by atoms with E-state index >= 15 is 0 Å². The van der Waals surface area contributed by atoms with Crippen molar-refractivity contribution in [2.24, 2.45) is 11.8 Å². The first-order valence-corrected chi connectivity index (χ1v) is 11.1. The van der Waals surface area contributed by atoms with E-state index in [4.69, 9.17) is 9.47 Å². The number of amides is 2. The lowest BCUT2D eigenvalue weighted by Gasteiger charge is -2.36. The summed E-state index contributed by atoms with van der Waals surface area (Å²) in [4.78, 5) is 26.7. The van der Waals surface area contributed by atoms with Gasteiger partial charge in [-0.05, 0) is 42.0 Å². The molecular weight excluding hydrogens is 408 g/mol. The first-order valence-electron chi connectivity index (χ1n) is 11.1. The van der Waals surface area contributed by atoms with Crippen molar-refractivity contribution < 1.29 is 24.2 Å². The van der Waals surface area contributed by atoms with Gasteiger partial charge >= 0.3 is 0 Å². The fourth-order valence-electron chi connectivity index (χ4n) is 4.83. The van der Waals surface area contributed by atoms with Crippen LogP contribution in [0.25, 0.3) is 0 Å². The third-order valence-corrected chi connectivity index (χ3v) is 6.13. The lowest BCUT2D eigenvalue weighted by atomic mass is 9.86. The number of hydrogen-bond acceptors (Lipinski definition) is 5. The Morgan fingerprint density at radius 3 is 2.50 bits per heavy atom. The van der Waals surface area contributed by atoms with Gasteiger partial charge < -0.3 is 24.8 Å². The summed E-state index contributed by atoms with van der Waals surface area (Å²) in [6.07, 6.45) is 1.35. The summed E-state index contributed by atoms with van der Waals surface area (Å²) >= 11 is 0. The lowest BCUT2D eigenvalue weighted by Crippen LogP contribution is -2.43. The van der Waals surface area contributed by atoms with Crippen molar-refractivity contribution in [2.75, 3.05) is 25.2 Å². The molecule has 0 aliphatic carbocycles. The number of fused-ring (bicyclic) bond motifs is 1. The zero-order valence-electron chi connectivity index (χ0n) is 18.8. The van der Waals surface area contributed by atoms with Crippen molar-refractivity contribution in [2.45, 2.75) is 39.5 Å². The molecule has 0 spiro atoms. The van der Waals surface area contributed by atoms with Gasteiger partial charge in [-0.3, -0.25) is 9.59 Å². The van der Waals surface area contributed by atoms with Gasteiger partial charge in [-0.2, -0.15) is 0 Å². The summed E-state index contributed by atoms with van der Waals surface area (Å²) < 4.78 is 11.0. The quantitative estimate of drug-likeness (QED) is 0.734. The maximum absolute atomic E-state index is 13.3. The average Bonchev–Trinajstić information content (AvgIpc) is 3.19. The van der Waals surface area contributed by atoms with E-state index in [2.05, 4.69) is 19.2 Å². The number of phenolic OH excluding ortho intramolecular Hbond substituents is 1. The minimum atomic E-state index is -0.365. The van der Waals surface area contributed by atoms with Gasteiger partial charge in [-0.1, -0.05) is 26.0 Å². The summed E-state index contributed by atoms with van der Waals surface area (Å²) in [5.41, 5.74) is 2.00. The van der Waals surface area contributed by atoms with Crippen LogP contribution >= 0.6 is 0 Å². The van der Waals surface area contributed by atoms with Crippen molar-refractivity contribution in [3.05, 3.63) is 47.5 Å². The van der Waals surface area contributed by atoms with E-state index in [1.54, 1.807) is 12.1 Å². The molecule has 2 aliphatic rings. The maximum atomic E-state index is 13.3. The SMILES string of the molecule is CC(=O)Nc1ccc(C(CC(=O)N2CC(C)CC(C)C2)c2ccc3c(c2)OCO3)c(O)c1. The lowest BCUT2D eigenvalue weighted by molar-refractivity contribution is -0.134. The highest BCUT2D eigenvalue weighted by Crippen LogP contribution is 2.41. The van der Waals surface area contributed by atoms with Gasteiger partial charge in [0.1, 0.15) is 5.75 Å². The molecule has 1 fully saturated rings. The predicted octanol–water partition coefficient (Wildman–Crippen LogP) is 4.11. The van der Waals surface area contributed by atoms with Crippen molar-refractivity contribution in [1.29, 1.82) is 0 Å². The molecule has 7 heteroatoms. The Morgan fingerprint density at radius 2 is 1.81 bits per heavy atom. The highest BCUT2D eigenvalue weighted by atomic mass is 16.7. The smallest absolute Gasteiger partial charge is 0.231 e. The molecule has 2 aliphatic heterocycles. The normalized spacial score (nSPS) is 20.7. The largest absolute Gasteiger partial charge is 0.508 e. The molecule has 4 rings (SSSR count). The van der Waals surface area contributed by atoms with Crippen LogP contribution in [0.4, 0.5) is 5.69 Å². The van der Waals surface area contributed by atoms with E-state index in [-0.39, 0.29) is 36.7 Å². The number of anilines is 1. The molecule has 2 amide bonds. The Balaban J connectivity index is 1.66. The standard InChI is InChI=1S/C25H30N2O5/c1-15-8-16(2)13-27(12-15)25(30)11-21(18-4-7-23-24(9-18)32-14-31-23)20-6-5-19(10-22(20)29)26-17(3)28/h4-7,9-10,15-16,21,29H,8,11-14H2,1-3H3,(H,26,28). The van der Waals surface area contributed by atoms with Gasteiger partial charge in [0.05, 0.1) is 0 Å². The van der Waals surface area contributed by atoms with Crippen LogP contribution in [-0.2, 0) is 9.59 Å². The zero-order valence-corrected chi connectivity index (χ0v) is 18.8. The number of piperidine rings is 1. The predicted molar refractivity (Wildman–Crippen MR) is 121 cm³/mol. The summed E-state index contributed by atoms with van der Waals surface area (Å²) in [5, 5.41) is 13.5. The molecule has 7 nitrogen and oxygen atoms in total. The van der Waals surface area contributed by atoms with Crippen LogP contribution in [0, 0.1) is 11.8 Å². The van der Waals surface area contributed by atoms with Gasteiger partial charge in [0.2, 0.25) is 18.6 Å². The van der Waals surface area contributed by atoms with Gasteiger partial charge in [0.25, 0.3) is 0 Å². The third kappa shape index (κ3) is 4.82. The van der Waals surface area contributed by atoms with Crippen molar-refractivity contribution in [1.82, 2.24) is 4.90 Å². The van der Waals surface area contributed by atoms with E-state index in [1.807, 2.05) is 23.1 Å². The summed E-state index contributed by atoms with van der Waals surface area (Å²) in [6.45, 7) is 7.45. The Labute approximate surface area is 188 Å². The molecule has 0 saturated carbocycles. The number of hydrogen-bond donors (Lipinski definition) is 2. The van der Waals surface area contributed by atoms with Gasteiger partial charge in [0, 0.05) is 49.7 Å². The van der Waals surface area contributed by atoms with E-state index in [9.17, 15) is 14.7 Å². The number of benzene rings is 2. The number of likely N-dealkylation sites (tertiary alicyclic amines) is 1. The second-order valence-electron chi connectivity index (χ2n) is 9.07. The van der Waals surface area contributed by atoms with Crippen molar-refractivity contribution in [3.8, 4) is 17.2 Å². The Kier molecular flexibility index (Phi) is 6.26. The monoisotopic (exact) mass is 438 g/mol. The number of carbonyl (C=O) groups is 2. The van der Waals surface area contributed by atoms with Crippen LogP contribution in [0.1, 0.15) is 50.7 Å². The topological polar surface area (TPSA) is 88.1 Å². The number of ether oxygens (including phenoxy) is 2. The van der Waals surface area contributed by atoms with Crippen LogP contribution < -0.4 is 14.8 Å². The molecule has 0 bridgehead atoms. The fraction of sp³-hybridized carbons (Fsp3) is 0.440. The Bertz CT molecular complexity index is 1010. The minimum Gasteiger partial charge on any atom is -0.508 e. The van der Waals surface area contributed by atoms with Gasteiger partial charge in [0.15, 0.2) is 11.5 Å². The van der Waals surface area contributed by atoms with Gasteiger partial charge in [-0.15, -0.1) is 0 Å². The Hall–Kier alpha value is -3.22. The molecule has 1 saturated heterocycles. The van der Waals surface area contributed by atoms with E-state index in [0.717, 1.165) is 25.1 Å². The zero-order chi connectivity index (χ0) is 22.8. The molecule has 3 atom stereocenters. The summed E-state index contributed by atoms with van der Waals surface area (Å²) in [5.74, 6) is 1.76. The van der Waals surface area contributed by atoms with E-state index < -0.39 is 0 Å². The number of rotatable bonds is 5. The third-order valence-electron chi connectivity index (χ3n) is 6.13. The molecular formula is C25H30N2O5. The Morgan fingerprint density at radius 1 is 1.09 bits per heavy atom. The maximum Gasteiger partial charge on any atom is 0.231 e. The molecule has 3 unspecified atom stereocenters. The number of carbonyl (C=O) groups excluding carboxylic acids is 2. The molecule has 2 aromatic carbocycles. The van der Waals surface area contributed by atoms with E-state index in [0.29, 0.717) is 34.6 Å². The minimum absolute atomic E-state index is 0.0343. The van der Waals surface area contributed by atoms with Crippen LogP contribution in [-0.4, -0.2) is 41.7 Å². The van der Waals surface area contributed by atoms with Crippen molar-refractivity contribution in [3.63, 3.8) is 0 Å². The highest BCUT2D eigenvalue weighted by Gasteiger charge is 2.30. The molecule has 170 valence electrons. The molecule has 2 aromatic rings. The number of nitrogens with zero attached hydrogens (tertiary/aromatic N) is 1. The van der Waals surface area contributed by atoms with Crippen LogP contribution in [0.3, 0.4) is 0 Å². The number of nitrogens with one attached hydrogen (secondary N) is 1. The number of aromatic hydroxyl groups is 1.